The van der Waals surface area contributed by atoms with Crippen molar-refractivity contribution in [3.05, 3.63) is 52.3 Å². The third-order valence-electron chi connectivity index (χ3n) is 3.73. The van der Waals surface area contributed by atoms with E-state index < -0.39 is 55.2 Å². The van der Waals surface area contributed by atoms with Gasteiger partial charge in [-0.3, -0.25) is 0 Å². The lowest BCUT2D eigenvalue weighted by atomic mass is 10.0. The van der Waals surface area contributed by atoms with Crippen molar-refractivity contribution < 1.29 is 40.2 Å². The highest BCUT2D eigenvalue weighted by Crippen LogP contribution is 2.53. The number of alkyl halides is 4. The Bertz CT molecular complexity index is 974. The molecule has 0 saturated heterocycles. The van der Waals surface area contributed by atoms with Crippen molar-refractivity contribution in [2.75, 3.05) is 0 Å². The molecule has 1 unspecified atom stereocenters. The highest BCUT2D eigenvalue weighted by Gasteiger charge is 2.61. The van der Waals surface area contributed by atoms with Gasteiger partial charge >= 0.3 is 5.25 Å². The van der Waals surface area contributed by atoms with Crippen LogP contribution < -0.4 is 4.74 Å². The number of hydrogen-bond acceptors (Lipinski definition) is 4. The van der Waals surface area contributed by atoms with E-state index in [4.69, 9.17) is 16.3 Å². The van der Waals surface area contributed by atoms with Crippen LogP contribution in [0.25, 0.3) is 0 Å². The maximum absolute atomic E-state index is 13.8. The van der Waals surface area contributed by atoms with Crippen molar-refractivity contribution in [1.82, 2.24) is 0 Å². The van der Waals surface area contributed by atoms with Gasteiger partial charge in [0.25, 0.3) is 6.43 Å². The highest BCUT2D eigenvalue weighted by molar-refractivity contribution is 7.92. The van der Waals surface area contributed by atoms with Gasteiger partial charge in [0.05, 0.1) is 10.5 Å². The van der Waals surface area contributed by atoms with Crippen LogP contribution in [0.5, 0.6) is 11.5 Å². The van der Waals surface area contributed by atoms with Crippen molar-refractivity contribution in [3.63, 3.8) is 0 Å². The molecule has 1 aliphatic rings. The molecule has 0 spiro atoms. The van der Waals surface area contributed by atoms with Crippen LogP contribution in [0.15, 0.2) is 35.2 Å². The molecule has 0 fully saturated rings. The van der Waals surface area contributed by atoms with Gasteiger partial charge in [0, 0.05) is 16.7 Å². The number of benzene rings is 2. The number of rotatable bonds is 3. The van der Waals surface area contributed by atoms with Crippen LogP contribution in [-0.4, -0.2) is 18.8 Å². The predicted octanol–water partition coefficient (Wildman–Crippen LogP) is 4.62. The molecule has 11 heteroatoms. The summed E-state index contributed by atoms with van der Waals surface area (Å²) < 4.78 is 96.6. The number of sulfone groups is 1. The van der Waals surface area contributed by atoms with Gasteiger partial charge in [0.15, 0.2) is 6.10 Å². The first-order valence-electron chi connectivity index (χ1n) is 6.86. The zero-order valence-corrected chi connectivity index (χ0v) is 14.0. The summed E-state index contributed by atoms with van der Waals surface area (Å²) in [6.45, 7) is 0. The average molecular weight is 415 g/mol. The molecule has 0 radical (unpaired) electrons. The number of ether oxygens (including phenoxy) is 1. The molecule has 0 saturated carbocycles. The SMILES string of the molecule is O=S1(=O)c2ccc(Oc3cc(F)cc(Cl)c3)c(C(F)F)c2C(O)C1(F)F. The van der Waals surface area contributed by atoms with Crippen molar-refractivity contribution in [2.45, 2.75) is 22.7 Å². The Balaban J connectivity index is 2.20. The van der Waals surface area contributed by atoms with Crippen LogP contribution in [0.1, 0.15) is 23.7 Å². The van der Waals surface area contributed by atoms with Crippen LogP contribution in [-0.2, 0) is 9.84 Å². The molecule has 0 aromatic heterocycles. The van der Waals surface area contributed by atoms with Crippen molar-refractivity contribution in [1.29, 1.82) is 0 Å². The first-order chi connectivity index (χ1) is 12.0. The smallest absolute Gasteiger partial charge is 0.379 e. The topological polar surface area (TPSA) is 63.6 Å². The molecule has 0 bridgehead atoms. The molecule has 2 aromatic rings. The molecule has 2 aromatic carbocycles. The minimum absolute atomic E-state index is 0.117. The van der Waals surface area contributed by atoms with Crippen molar-refractivity contribution in [3.8, 4) is 11.5 Å². The van der Waals surface area contributed by atoms with E-state index in [1.165, 1.54) is 0 Å². The molecular weight excluding hydrogens is 407 g/mol. The Morgan fingerprint density at radius 1 is 1.19 bits per heavy atom. The van der Waals surface area contributed by atoms with E-state index in [1.54, 1.807) is 0 Å². The van der Waals surface area contributed by atoms with E-state index in [9.17, 15) is 35.5 Å². The largest absolute Gasteiger partial charge is 0.457 e. The molecule has 1 aliphatic heterocycles. The van der Waals surface area contributed by atoms with E-state index in [0.29, 0.717) is 6.07 Å². The van der Waals surface area contributed by atoms with E-state index in [0.717, 1.165) is 24.3 Å². The van der Waals surface area contributed by atoms with Gasteiger partial charge in [-0.25, -0.2) is 21.6 Å². The van der Waals surface area contributed by atoms with Gasteiger partial charge < -0.3 is 9.84 Å². The molecule has 3 rings (SSSR count). The molecule has 1 heterocycles. The lowest BCUT2D eigenvalue weighted by molar-refractivity contribution is -0.0391. The number of fused-ring (bicyclic) bond motifs is 1. The minimum Gasteiger partial charge on any atom is -0.457 e. The van der Waals surface area contributed by atoms with Gasteiger partial charge in [-0.1, -0.05) is 11.6 Å². The number of hydrogen-bond donors (Lipinski definition) is 1. The first-order valence-corrected chi connectivity index (χ1v) is 8.72. The summed E-state index contributed by atoms with van der Waals surface area (Å²) >= 11 is 5.62. The molecule has 1 atom stereocenters. The minimum atomic E-state index is -5.35. The normalized spacial score (nSPS) is 20.2. The van der Waals surface area contributed by atoms with E-state index in [2.05, 4.69) is 0 Å². The maximum atomic E-state index is 13.8. The fraction of sp³-hybridized carbons (Fsp3) is 0.200. The molecule has 1 N–H and O–H groups in total. The number of aliphatic hydroxyl groups excluding tert-OH is 1. The second-order valence-corrected chi connectivity index (χ2v) is 7.79. The second kappa shape index (κ2) is 6.07. The summed E-state index contributed by atoms with van der Waals surface area (Å²) in [5.74, 6) is -1.88. The fourth-order valence-corrected chi connectivity index (χ4v) is 4.28. The Labute approximate surface area is 148 Å². The summed E-state index contributed by atoms with van der Waals surface area (Å²) in [6.07, 6.45) is -6.45. The molecule has 0 aliphatic carbocycles. The molecule has 26 heavy (non-hydrogen) atoms. The van der Waals surface area contributed by atoms with Crippen molar-refractivity contribution in [2.24, 2.45) is 0 Å². The lowest BCUT2D eigenvalue weighted by Gasteiger charge is -2.16. The van der Waals surface area contributed by atoms with Crippen LogP contribution >= 0.6 is 11.6 Å². The molecule has 140 valence electrons. The van der Waals surface area contributed by atoms with Crippen molar-refractivity contribution >= 4 is 21.4 Å². The summed E-state index contributed by atoms with van der Waals surface area (Å²) in [7, 11) is -5.35. The second-order valence-electron chi connectivity index (χ2n) is 5.36. The van der Waals surface area contributed by atoms with Gasteiger partial charge in [-0.2, -0.15) is 8.78 Å². The lowest BCUT2D eigenvalue weighted by Crippen LogP contribution is -2.28. The standard InChI is InChI=1S/C15H8ClF5O4S/c16-6-3-7(17)5-8(4-6)25-9-1-2-10-12(11(9)14(18)19)13(22)15(20,21)26(10,23)24/h1-5,13-14,22H. The maximum Gasteiger partial charge on any atom is 0.379 e. The Morgan fingerprint density at radius 2 is 1.85 bits per heavy atom. The first kappa shape index (κ1) is 18.9. The zero-order chi connectivity index (χ0) is 19.4. The third kappa shape index (κ3) is 2.72. The van der Waals surface area contributed by atoms with Gasteiger partial charge in [-0.05, 0) is 24.3 Å². The van der Waals surface area contributed by atoms with Gasteiger partial charge in [0.2, 0.25) is 9.84 Å². The van der Waals surface area contributed by atoms with Crippen LogP contribution in [0.2, 0.25) is 5.02 Å². The zero-order valence-electron chi connectivity index (χ0n) is 12.4. The highest BCUT2D eigenvalue weighted by atomic mass is 35.5. The van der Waals surface area contributed by atoms with E-state index in [-0.39, 0.29) is 10.8 Å². The third-order valence-corrected chi connectivity index (χ3v) is 5.82. The summed E-state index contributed by atoms with van der Waals surface area (Å²) in [4.78, 5) is -1.12. The predicted molar refractivity (Wildman–Crippen MR) is 80.0 cm³/mol. The van der Waals surface area contributed by atoms with Gasteiger partial charge in [0.1, 0.15) is 17.3 Å². The quantitative estimate of drug-likeness (QED) is 0.744. The van der Waals surface area contributed by atoms with E-state index in [1.807, 2.05) is 0 Å². The summed E-state index contributed by atoms with van der Waals surface area (Å²) in [5.41, 5.74) is -2.37. The summed E-state index contributed by atoms with van der Waals surface area (Å²) in [6, 6.07) is 4.15. The van der Waals surface area contributed by atoms with Crippen LogP contribution in [0, 0.1) is 5.82 Å². The molecule has 4 nitrogen and oxygen atoms in total. The number of aliphatic hydroxyl groups is 1. The van der Waals surface area contributed by atoms with Gasteiger partial charge in [-0.15, -0.1) is 0 Å². The number of halogens is 6. The van der Waals surface area contributed by atoms with Crippen LogP contribution in [0.4, 0.5) is 22.0 Å². The average Bonchev–Trinajstić information content (AvgIpc) is 2.64. The Kier molecular flexibility index (Phi) is 4.40. The van der Waals surface area contributed by atoms with E-state index >= 15 is 0 Å². The fourth-order valence-electron chi connectivity index (χ4n) is 2.60. The summed E-state index contributed by atoms with van der Waals surface area (Å²) in [5, 5.41) is 4.87. The molecule has 0 amide bonds. The molecular formula is C15H8ClF5O4S. The Hall–Kier alpha value is -1.91. The van der Waals surface area contributed by atoms with Crippen LogP contribution in [0.3, 0.4) is 0 Å². The Morgan fingerprint density at radius 3 is 2.42 bits per heavy atom. The monoisotopic (exact) mass is 414 g/mol.